The van der Waals surface area contributed by atoms with E-state index in [4.69, 9.17) is 9.26 Å². The van der Waals surface area contributed by atoms with Crippen LogP contribution in [-0.2, 0) is 17.9 Å². The molecular weight excluding hydrogens is 312 g/mol. The van der Waals surface area contributed by atoms with Gasteiger partial charge in [-0.15, -0.1) is 11.3 Å². The second kappa shape index (κ2) is 7.51. The van der Waals surface area contributed by atoms with Crippen LogP contribution in [0.5, 0.6) is 0 Å². The van der Waals surface area contributed by atoms with E-state index in [1.54, 1.807) is 18.4 Å². The SMILES string of the molecule is COCc1nc(CN2CCC[C@H](c3noc(C(C)C)n3)C2)cs1. The van der Waals surface area contributed by atoms with E-state index in [0.29, 0.717) is 12.5 Å². The topological polar surface area (TPSA) is 64.3 Å². The summed E-state index contributed by atoms with van der Waals surface area (Å²) in [4.78, 5) is 11.6. The molecule has 0 aromatic carbocycles. The highest BCUT2D eigenvalue weighted by atomic mass is 32.1. The number of ether oxygens (including phenoxy) is 1. The van der Waals surface area contributed by atoms with Crippen molar-refractivity contribution in [1.82, 2.24) is 20.0 Å². The molecule has 0 bridgehead atoms. The lowest BCUT2D eigenvalue weighted by Crippen LogP contribution is -2.34. The Labute approximate surface area is 140 Å². The minimum Gasteiger partial charge on any atom is -0.378 e. The molecule has 0 spiro atoms. The largest absolute Gasteiger partial charge is 0.378 e. The number of likely N-dealkylation sites (tertiary alicyclic amines) is 1. The highest BCUT2D eigenvalue weighted by molar-refractivity contribution is 7.09. The van der Waals surface area contributed by atoms with Crippen molar-refractivity contribution < 1.29 is 9.26 Å². The number of rotatable bonds is 6. The van der Waals surface area contributed by atoms with E-state index in [1.165, 1.54) is 0 Å². The summed E-state index contributed by atoms with van der Waals surface area (Å²) < 4.78 is 10.5. The molecule has 126 valence electrons. The average Bonchev–Trinajstić information content (AvgIpc) is 3.17. The molecule has 0 unspecified atom stereocenters. The fourth-order valence-electron chi connectivity index (χ4n) is 2.90. The highest BCUT2D eigenvalue weighted by Gasteiger charge is 2.26. The maximum Gasteiger partial charge on any atom is 0.229 e. The monoisotopic (exact) mass is 336 g/mol. The molecule has 0 radical (unpaired) electrons. The number of nitrogens with zero attached hydrogens (tertiary/aromatic N) is 4. The first kappa shape index (κ1) is 16.5. The normalized spacial score (nSPS) is 19.6. The van der Waals surface area contributed by atoms with Gasteiger partial charge in [0.1, 0.15) is 5.01 Å². The average molecular weight is 336 g/mol. The van der Waals surface area contributed by atoms with Gasteiger partial charge in [-0.2, -0.15) is 4.98 Å². The van der Waals surface area contributed by atoms with Crippen molar-refractivity contribution in [3.8, 4) is 0 Å². The maximum atomic E-state index is 5.36. The number of aromatic nitrogens is 3. The molecule has 1 saturated heterocycles. The first-order valence-electron chi connectivity index (χ1n) is 8.13. The molecular formula is C16H24N4O2S. The molecule has 23 heavy (non-hydrogen) atoms. The molecule has 0 N–H and O–H groups in total. The number of methoxy groups -OCH3 is 1. The summed E-state index contributed by atoms with van der Waals surface area (Å²) in [5.74, 6) is 2.24. The van der Waals surface area contributed by atoms with Gasteiger partial charge < -0.3 is 9.26 Å². The smallest absolute Gasteiger partial charge is 0.229 e. The molecule has 0 amide bonds. The standard InChI is InChI=1S/C16H24N4O2S/c1-11(2)16-18-15(19-22-16)12-5-4-6-20(7-12)8-13-10-23-14(17-13)9-21-3/h10-12H,4-9H2,1-3H3/t12-/m0/s1. The Balaban J connectivity index is 1.60. The summed E-state index contributed by atoms with van der Waals surface area (Å²) in [6.07, 6.45) is 2.28. The van der Waals surface area contributed by atoms with E-state index < -0.39 is 0 Å². The second-order valence-corrected chi connectivity index (χ2v) is 7.33. The van der Waals surface area contributed by atoms with Crippen LogP contribution in [0.3, 0.4) is 0 Å². The lowest BCUT2D eigenvalue weighted by Gasteiger charge is -2.30. The van der Waals surface area contributed by atoms with Gasteiger partial charge in [0.15, 0.2) is 5.82 Å². The molecule has 0 saturated carbocycles. The Bertz CT molecular complexity index is 625. The van der Waals surface area contributed by atoms with Crippen LogP contribution in [-0.4, -0.2) is 40.2 Å². The zero-order chi connectivity index (χ0) is 16.2. The van der Waals surface area contributed by atoms with Crippen LogP contribution in [0.4, 0.5) is 0 Å². The Hall–Kier alpha value is -1.31. The predicted octanol–water partition coefficient (Wildman–Crippen LogP) is 3.18. The van der Waals surface area contributed by atoms with Crippen molar-refractivity contribution in [3.63, 3.8) is 0 Å². The van der Waals surface area contributed by atoms with Gasteiger partial charge in [0.2, 0.25) is 5.89 Å². The van der Waals surface area contributed by atoms with Gasteiger partial charge in [-0.1, -0.05) is 19.0 Å². The molecule has 1 aliphatic heterocycles. The van der Waals surface area contributed by atoms with Crippen LogP contribution in [0.2, 0.25) is 0 Å². The van der Waals surface area contributed by atoms with Gasteiger partial charge in [-0.05, 0) is 19.4 Å². The van der Waals surface area contributed by atoms with Gasteiger partial charge in [0.05, 0.1) is 12.3 Å². The third-order valence-electron chi connectivity index (χ3n) is 4.07. The summed E-state index contributed by atoms with van der Waals surface area (Å²) in [6.45, 7) is 7.69. The van der Waals surface area contributed by atoms with E-state index >= 15 is 0 Å². The van der Waals surface area contributed by atoms with E-state index in [1.807, 2.05) is 0 Å². The summed E-state index contributed by atoms with van der Waals surface area (Å²) >= 11 is 1.66. The van der Waals surface area contributed by atoms with Crippen LogP contribution < -0.4 is 0 Å². The fraction of sp³-hybridized carbons (Fsp3) is 0.688. The van der Waals surface area contributed by atoms with Crippen LogP contribution in [0, 0.1) is 0 Å². The molecule has 6 nitrogen and oxygen atoms in total. The third-order valence-corrected chi connectivity index (χ3v) is 4.95. The minimum atomic E-state index is 0.283. The minimum absolute atomic E-state index is 0.283. The number of hydrogen-bond donors (Lipinski definition) is 0. The summed E-state index contributed by atoms with van der Waals surface area (Å²) in [5.41, 5.74) is 1.12. The fourth-order valence-corrected chi connectivity index (χ4v) is 3.65. The van der Waals surface area contributed by atoms with Crippen LogP contribution in [0.1, 0.15) is 60.9 Å². The highest BCUT2D eigenvalue weighted by Crippen LogP contribution is 2.27. The molecule has 1 fully saturated rings. The maximum absolute atomic E-state index is 5.36. The Morgan fingerprint density at radius 3 is 3.04 bits per heavy atom. The molecule has 7 heteroatoms. The Kier molecular flexibility index (Phi) is 5.40. The lowest BCUT2D eigenvalue weighted by atomic mass is 9.97. The van der Waals surface area contributed by atoms with Crippen molar-refractivity contribution in [2.24, 2.45) is 0 Å². The van der Waals surface area contributed by atoms with Crippen molar-refractivity contribution in [2.45, 2.75) is 51.7 Å². The van der Waals surface area contributed by atoms with E-state index in [-0.39, 0.29) is 5.92 Å². The van der Waals surface area contributed by atoms with Gasteiger partial charge in [-0.3, -0.25) is 4.90 Å². The van der Waals surface area contributed by atoms with E-state index in [2.05, 4.69) is 39.3 Å². The molecule has 1 aliphatic rings. The predicted molar refractivity (Wildman–Crippen MR) is 88.5 cm³/mol. The zero-order valence-corrected chi connectivity index (χ0v) is 14.8. The number of hydrogen-bond acceptors (Lipinski definition) is 7. The molecule has 3 rings (SSSR count). The van der Waals surface area contributed by atoms with Crippen LogP contribution in [0.25, 0.3) is 0 Å². The van der Waals surface area contributed by atoms with Crippen molar-refractivity contribution in [1.29, 1.82) is 0 Å². The summed E-state index contributed by atoms with van der Waals surface area (Å²) in [7, 11) is 1.70. The van der Waals surface area contributed by atoms with Gasteiger partial charge in [-0.25, -0.2) is 4.98 Å². The van der Waals surface area contributed by atoms with E-state index in [9.17, 15) is 0 Å². The second-order valence-electron chi connectivity index (χ2n) is 6.39. The Morgan fingerprint density at radius 2 is 2.30 bits per heavy atom. The lowest BCUT2D eigenvalue weighted by molar-refractivity contribution is 0.182. The van der Waals surface area contributed by atoms with Gasteiger partial charge >= 0.3 is 0 Å². The summed E-state index contributed by atoms with van der Waals surface area (Å²) in [5, 5.41) is 7.35. The third kappa shape index (κ3) is 4.16. The first-order chi connectivity index (χ1) is 11.2. The van der Waals surface area contributed by atoms with Crippen molar-refractivity contribution in [3.05, 3.63) is 27.8 Å². The van der Waals surface area contributed by atoms with Gasteiger partial charge in [0.25, 0.3) is 0 Å². The molecule has 2 aromatic heterocycles. The zero-order valence-electron chi connectivity index (χ0n) is 14.0. The number of piperidine rings is 1. The molecule has 3 heterocycles. The number of thiazole rings is 1. The van der Waals surface area contributed by atoms with Crippen molar-refractivity contribution in [2.75, 3.05) is 20.2 Å². The molecule has 0 aliphatic carbocycles. The quantitative estimate of drug-likeness (QED) is 0.807. The van der Waals surface area contributed by atoms with E-state index in [0.717, 1.165) is 54.9 Å². The Morgan fingerprint density at radius 1 is 1.43 bits per heavy atom. The summed E-state index contributed by atoms with van der Waals surface area (Å²) in [6, 6.07) is 0. The van der Waals surface area contributed by atoms with Crippen molar-refractivity contribution >= 4 is 11.3 Å². The van der Waals surface area contributed by atoms with Gasteiger partial charge in [0, 0.05) is 37.4 Å². The van der Waals surface area contributed by atoms with Crippen LogP contribution in [0.15, 0.2) is 9.90 Å². The van der Waals surface area contributed by atoms with Crippen LogP contribution >= 0.6 is 11.3 Å². The first-order valence-corrected chi connectivity index (χ1v) is 9.01. The molecule has 2 aromatic rings. The molecule has 1 atom stereocenters.